The topological polar surface area (TPSA) is 94.2 Å². The molecule has 0 bridgehead atoms. The lowest BCUT2D eigenvalue weighted by atomic mass is 9.91. The number of ether oxygens (including phenoxy) is 3. The van der Waals surface area contributed by atoms with E-state index in [1.807, 2.05) is 6.08 Å². The third-order valence-electron chi connectivity index (χ3n) is 4.64. The second kappa shape index (κ2) is 8.14. The monoisotopic (exact) mass is 402 g/mol. The van der Waals surface area contributed by atoms with E-state index in [0.29, 0.717) is 11.3 Å². The highest BCUT2D eigenvalue weighted by atomic mass is 16.6. The van der Waals surface area contributed by atoms with E-state index in [0.717, 1.165) is 10.6 Å². The first-order valence-electron chi connectivity index (χ1n) is 9.64. The minimum Gasteiger partial charge on any atom is -0.485 e. The number of hydrogen-bond donors (Lipinski definition) is 1. The lowest BCUT2D eigenvalue weighted by Crippen LogP contribution is -2.54. The first-order valence-corrected chi connectivity index (χ1v) is 9.64. The first kappa shape index (κ1) is 20.7. The molecule has 8 nitrogen and oxygen atoms in total. The van der Waals surface area contributed by atoms with Crippen LogP contribution in [0.5, 0.6) is 5.75 Å². The number of hydrazine groups is 1. The van der Waals surface area contributed by atoms with Crippen molar-refractivity contribution in [3.05, 3.63) is 41.5 Å². The van der Waals surface area contributed by atoms with Crippen LogP contribution in [0, 0.1) is 0 Å². The van der Waals surface area contributed by atoms with E-state index in [2.05, 4.69) is 5.43 Å². The maximum absolute atomic E-state index is 12.7. The molecule has 3 rings (SSSR count). The Morgan fingerprint density at radius 2 is 1.76 bits per heavy atom. The van der Waals surface area contributed by atoms with Gasteiger partial charge in [-0.3, -0.25) is 4.79 Å². The zero-order valence-corrected chi connectivity index (χ0v) is 17.2. The van der Waals surface area contributed by atoms with Crippen LogP contribution in [0.2, 0.25) is 0 Å². The van der Waals surface area contributed by atoms with E-state index in [4.69, 9.17) is 14.2 Å². The van der Waals surface area contributed by atoms with Crippen molar-refractivity contribution in [3.63, 3.8) is 0 Å². The van der Waals surface area contributed by atoms with Gasteiger partial charge in [-0.25, -0.2) is 20.0 Å². The molecule has 29 heavy (non-hydrogen) atoms. The number of benzene rings is 1. The van der Waals surface area contributed by atoms with Gasteiger partial charge in [-0.1, -0.05) is 6.08 Å². The molecule has 0 saturated carbocycles. The van der Waals surface area contributed by atoms with E-state index in [1.165, 1.54) is 6.92 Å². The summed E-state index contributed by atoms with van der Waals surface area (Å²) in [6, 6.07) is 4.69. The number of rotatable bonds is 4. The van der Waals surface area contributed by atoms with Crippen LogP contribution in [-0.4, -0.2) is 47.3 Å². The molecule has 1 aromatic rings. The van der Waals surface area contributed by atoms with Gasteiger partial charge in [-0.15, -0.1) is 0 Å². The molecule has 2 amide bonds. The minimum atomic E-state index is -0.755. The maximum atomic E-state index is 12.7. The van der Waals surface area contributed by atoms with Gasteiger partial charge in [0, 0.05) is 11.1 Å². The Morgan fingerprint density at radius 1 is 1.07 bits per heavy atom. The Bertz CT molecular complexity index is 848. The van der Waals surface area contributed by atoms with Gasteiger partial charge in [0.15, 0.2) is 5.78 Å². The highest BCUT2D eigenvalue weighted by Crippen LogP contribution is 2.46. The van der Waals surface area contributed by atoms with Crippen LogP contribution in [-0.2, 0) is 9.47 Å². The molecule has 3 atom stereocenters. The Hall–Kier alpha value is -3.03. The van der Waals surface area contributed by atoms with Gasteiger partial charge in [-0.05, 0) is 58.9 Å². The largest absolute Gasteiger partial charge is 0.485 e. The van der Waals surface area contributed by atoms with E-state index in [1.54, 1.807) is 52.0 Å². The molecule has 0 spiro atoms. The van der Waals surface area contributed by atoms with Crippen molar-refractivity contribution in [3.8, 4) is 5.75 Å². The summed E-state index contributed by atoms with van der Waals surface area (Å²) >= 11 is 0. The zero-order valence-electron chi connectivity index (χ0n) is 17.2. The number of ketones is 1. The van der Waals surface area contributed by atoms with Gasteiger partial charge in [-0.2, -0.15) is 0 Å². The van der Waals surface area contributed by atoms with E-state index >= 15 is 0 Å². The third kappa shape index (κ3) is 4.36. The molecule has 1 aromatic carbocycles. The molecule has 8 heteroatoms. The number of Topliss-reactive ketones (excluding diaryl/α,β-unsaturated/α-hetero) is 1. The van der Waals surface area contributed by atoms with Gasteiger partial charge in [0.25, 0.3) is 0 Å². The van der Waals surface area contributed by atoms with Crippen molar-refractivity contribution in [1.82, 2.24) is 10.4 Å². The van der Waals surface area contributed by atoms with Crippen molar-refractivity contribution in [2.24, 2.45) is 0 Å². The molecule has 1 aliphatic heterocycles. The van der Waals surface area contributed by atoms with E-state index in [-0.39, 0.29) is 30.0 Å². The van der Waals surface area contributed by atoms with Gasteiger partial charge in [0.1, 0.15) is 11.9 Å². The highest BCUT2D eigenvalue weighted by Gasteiger charge is 2.46. The minimum absolute atomic E-state index is 0.0616. The average Bonchev–Trinajstić information content (AvgIpc) is 3.16. The third-order valence-corrected chi connectivity index (χ3v) is 4.64. The Labute approximate surface area is 169 Å². The van der Waals surface area contributed by atoms with Crippen molar-refractivity contribution < 1.29 is 28.6 Å². The van der Waals surface area contributed by atoms with Crippen molar-refractivity contribution in [1.29, 1.82) is 0 Å². The summed E-state index contributed by atoms with van der Waals surface area (Å²) in [7, 11) is 0. The predicted octanol–water partition coefficient (Wildman–Crippen LogP) is 3.57. The number of fused-ring (bicyclic) bond motifs is 3. The normalized spacial score (nSPS) is 21.4. The molecule has 1 N–H and O–H groups in total. The Kier molecular flexibility index (Phi) is 5.81. The summed E-state index contributed by atoms with van der Waals surface area (Å²) < 4.78 is 16.4. The standard InChI is InChI=1S/C21H26N2O6/c1-11(2)27-20(25)22-23(21(26)28-12(3)4)16-7-9-18-19(16)15-10-14(13(5)24)6-8-17(15)29-18/h6-12,16,18-19H,1-5H3,(H,22,25)/t16-,18-,19+/m1/s1. The van der Waals surface area contributed by atoms with Crippen LogP contribution < -0.4 is 10.2 Å². The number of hydrogen-bond acceptors (Lipinski definition) is 6. The lowest BCUT2D eigenvalue weighted by molar-refractivity contribution is 0.0332. The van der Waals surface area contributed by atoms with Crippen molar-refractivity contribution in [2.75, 3.05) is 0 Å². The number of nitrogens with zero attached hydrogens (tertiary/aromatic N) is 1. The highest BCUT2D eigenvalue weighted by molar-refractivity contribution is 5.94. The fraction of sp³-hybridized carbons (Fsp3) is 0.476. The molecule has 1 heterocycles. The number of carbonyl (C=O) groups is 3. The molecular formula is C21H26N2O6. The molecule has 0 fully saturated rings. The fourth-order valence-corrected chi connectivity index (χ4v) is 3.50. The molecule has 2 aliphatic rings. The Morgan fingerprint density at radius 3 is 2.38 bits per heavy atom. The smallest absolute Gasteiger partial charge is 0.429 e. The Balaban J connectivity index is 1.91. The molecule has 1 aliphatic carbocycles. The van der Waals surface area contributed by atoms with Crippen LogP contribution in [0.4, 0.5) is 9.59 Å². The fourth-order valence-electron chi connectivity index (χ4n) is 3.50. The van der Waals surface area contributed by atoms with Crippen LogP contribution in [0.15, 0.2) is 30.4 Å². The average molecular weight is 402 g/mol. The van der Waals surface area contributed by atoms with E-state index in [9.17, 15) is 14.4 Å². The first-order chi connectivity index (χ1) is 13.7. The summed E-state index contributed by atoms with van der Waals surface area (Å²) in [6.07, 6.45) is 1.14. The van der Waals surface area contributed by atoms with Gasteiger partial charge in [0.05, 0.1) is 24.2 Å². The van der Waals surface area contributed by atoms with Gasteiger partial charge >= 0.3 is 12.2 Å². The molecular weight excluding hydrogens is 376 g/mol. The summed E-state index contributed by atoms with van der Waals surface area (Å²) in [4.78, 5) is 36.8. The van der Waals surface area contributed by atoms with Crippen molar-refractivity contribution >= 4 is 18.0 Å². The van der Waals surface area contributed by atoms with Crippen LogP contribution in [0.1, 0.15) is 56.5 Å². The van der Waals surface area contributed by atoms with Crippen LogP contribution in [0.25, 0.3) is 0 Å². The summed E-state index contributed by atoms with van der Waals surface area (Å²) in [5.74, 6) is 0.304. The lowest BCUT2D eigenvalue weighted by Gasteiger charge is -2.31. The summed E-state index contributed by atoms with van der Waals surface area (Å²) in [5, 5.41) is 1.13. The number of nitrogens with one attached hydrogen (secondary N) is 1. The summed E-state index contributed by atoms with van der Waals surface area (Å²) in [5.41, 5.74) is 3.86. The summed E-state index contributed by atoms with van der Waals surface area (Å²) in [6.45, 7) is 8.37. The van der Waals surface area contributed by atoms with Crippen molar-refractivity contribution in [2.45, 2.75) is 64.9 Å². The number of carbonyl (C=O) groups excluding carboxylic acids is 3. The second-order valence-electron chi connectivity index (χ2n) is 7.66. The molecule has 0 aromatic heterocycles. The second-order valence-corrected chi connectivity index (χ2v) is 7.66. The molecule has 0 radical (unpaired) electrons. The van der Waals surface area contributed by atoms with Crippen LogP contribution in [0.3, 0.4) is 0 Å². The number of amides is 2. The maximum Gasteiger partial charge on any atom is 0.429 e. The quantitative estimate of drug-likeness (QED) is 0.470. The molecule has 156 valence electrons. The van der Waals surface area contributed by atoms with Gasteiger partial charge < -0.3 is 14.2 Å². The molecule has 0 unspecified atom stereocenters. The zero-order chi connectivity index (χ0) is 21.3. The predicted molar refractivity (Wildman–Crippen MR) is 105 cm³/mol. The van der Waals surface area contributed by atoms with Gasteiger partial charge in [0.2, 0.25) is 0 Å². The SMILES string of the molecule is CC(=O)c1ccc2c(c1)[C@H]1[C@H](N(NC(=O)OC(C)C)C(=O)OC(C)C)C=C[C@H]1O2. The van der Waals surface area contributed by atoms with Crippen LogP contribution >= 0.6 is 0 Å². The molecule has 0 saturated heterocycles. The van der Waals surface area contributed by atoms with E-state index < -0.39 is 18.2 Å².